The molecular formula is C29H28F5NO. The minimum absolute atomic E-state index is 0.376. The van der Waals surface area contributed by atoms with E-state index in [0.29, 0.717) is 23.4 Å². The topological polar surface area (TPSA) is 22.1 Å². The van der Waals surface area contributed by atoms with Crippen LogP contribution in [0.1, 0.15) is 63.0 Å². The molecule has 0 aliphatic heterocycles. The molecule has 0 bridgehead atoms. The summed E-state index contributed by atoms with van der Waals surface area (Å²) in [7, 11) is 0. The lowest BCUT2D eigenvalue weighted by molar-refractivity contribution is -0.185. The molecule has 0 radical (unpaired) electrons. The van der Waals surface area contributed by atoms with Crippen molar-refractivity contribution in [2.45, 2.75) is 58.0 Å². The second kappa shape index (κ2) is 11.2. The standard InChI is InChI=1S/C29H28F5NO/c1-2-3-4-5-19-6-8-20(9-7-19)22-12-15-27(35-18-22)21-10-13-23(14-11-21)29(33,34)36-24-16-25(30)28(32)26(31)17-24/h8,10-19H,2-7,9H2,1H3. The van der Waals surface area contributed by atoms with Crippen molar-refractivity contribution in [3.8, 4) is 17.0 Å². The molecule has 0 N–H and O–H groups in total. The smallest absolute Gasteiger partial charge is 0.426 e. The van der Waals surface area contributed by atoms with E-state index in [4.69, 9.17) is 0 Å². The number of aromatic nitrogens is 1. The Morgan fingerprint density at radius 1 is 0.944 bits per heavy atom. The fraction of sp³-hybridized carbons (Fsp3) is 0.345. The first kappa shape index (κ1) is 25.9. The van der Waals surface area contributed by atoms with Crippen LogP contribution in [0, 0.1) is 23.4 Å². The van der Waals surface area contributed by atoms with Crippen molar-refractivity contribution in [3.63, 3.8) is 0 Å². The van der Waals surface area contributed by atoms with E-state index in [1.54, 1.807) is 0 Å². The number of unbranched alkanes of at least 4 members (excludes halogenated alkanes) is 2. The molecular weight excluding hydrogens is 473 g/mol. The lowest BCUT2D eigenvalue weighted by atomic mass is 9.84. The van der Waals surface area contributed by atoms with E-state index in [2.05, 4.69) is 22.7 Å². The number of allylic oxidation sites excluding steroid dienone is 2. The Balaban J connectivity index is 1.41. The highest BCUT2D eigenvalue weighted by Crippen LogP contribution is 2.35. The van der Waals surface area contributed by atoms with Crippen LogP contribution < -0.4 is 4.74 Å². The Kier molecular flexibility index (Phi) is 8.07. The number of hydrogen-bond donors (Lipinski definition) is 0. The molecule has 0 saturated heterocycles. The van der Waals surface area contributed by atoms with E-state index >= 15 is 0 Å². The van der Waals surface area contributed by atoms with Crippen molar-refractivity contribution < 1.29 is 26.7 Å². The zero-order valence-corrected chi connectivity index (χ0v) is 20.0. The Hall–Kier alpha value is -3.22. The number of pyridine rings is 1. The van der Waals surface area contributed by atoms with Gasteiger partial charge in [-0.1, -0.05) is 56.9 Å². The second-order valence-corrected chi connectivity index (χ2v) is 9.19. The molecule has 190 valence electrons. The number of nitrogens with zero attached hydrogens (tertiary/aromatic N) is 1. The summed E-state index contributed by atoms with van der Waals surface area (Å²) in [5.41, 5.74) is 3.11. The van der Waals surface area contributed by atoms with Gasteiger partial charge in [0.1, 0.15) is 5.75 Å². The summed E-state index contributed by atoms with van der Waals surface area (Å²) in [6, 6.07) is 9.86. The van der Waals surface area contributed by atoms with Gasteiger partial charge in [0.25, 0.3) is 0 Å². The van der Waals surface area contributed by atoms with Crippen molar-refractivity contribution >= 4 is 5.57 Å². The Bertz CT molecular complexity index is 1180. The molecule has 2 aromatic carbocycles. The number of alkyl halides is 2. The minimum atomic E-state index is -3.88. The first-order chi connectivity index (χ1) is 17.3. The first-order valence-electron chi connectivity index (χ1n) is 12.2. The highest BCUT2D eigenvalue weighted by Gasteiger charge is 2.35. The molecule has 0 fully saturated rings. The molecule has 1 atom stereocenters. The van der Waals surface area contributed by atoms with Gasteiger partial charge >= 0.3 is 6.11 Å². The SMILES string of the molecule is CCCCCC1CC=C(c2ccc(-c3ccc(C(F)(F)Oc4cc(F)c(F)c(F)c4)cc3)nc2)CC1. The summed E-state index contributed by atoms with van der Waals surface area (Å²) in [6.45, 7) is 2.22. The van der Waals surface area contributed by atoms with Gasteiger partial charge in [-0.3, -0.25) is 4.98 Å². The Morgan fingerprint density at radius 2 is 1.64 bits per heavy atom. The maximum atomic E-state index is 14.5. The molecule has 0 amide bonds. The molecule has 7 heteroatoms. The number of halogens is 5. The predicted molar refractivity (Wildman–Crippen MR) is 130 cm³/mol. The molecule has 0 saturated carbocycles. The van der Waals surface area contributed by atoms with Crippen LogP contribution >= 0.6 is 0 Å². The van der Waals surface area contributed by atoms with Crippen LogP contribution in [0.3, 0.4) is 0 Å². The molecule has 3 aromatic rings. The third-order valence-electron chi connectivity index (χ3n) is 6.59. The van der Waals surface area contributed by atoms with E-state index in [0.717, 1.165) is 36.5 Å². The highest BCUT2D eigenvalue weighted by molar-refractivity contribution is 5.68. The van der Waals surface area contributed by atoms with Gasteiger partial charge in [0.15, 0.2) is 17.5 Å². The van der Waals surface area contributed by atoms with Crippen molar-refractivity contribution in [1.29, 1.82) is 0 Å². The van der Waals surface area contributed by atoms with E-state index in [9.17, 15) is 22.0 Å². The summed E-state index contributed by atoms with van der Waals surface area (Å²) in [6.07, 6.45) is 8.66. The summed E-state index contributed by atoms with van der Waals surface area (Å²) < 4.78 is 73.3. The fourth-order valence-corrected chi connectivity index (χ4v) is 4.48. The predicted octanol–water partition coefficient (Wildman–Crippen LogP) is 9.06. The molecule has 1 heterocycles. The van der Waals surface area contributed by atoms with Crippen LogP contribution in [-0.4, -0.2) is 4.98 Å². The second-order valence-electron chi connectivity index (χ2n) is 9.19. The number of rotatable bonds is 9. The molecule has 1 aliphatic carbocycles. The van der Waals surface area contributed by atoms with Crippen molar-refractivity contribution in [1.82, 2.24) is 4.98 Å². The average Bonchev–Trinajstić information content (AvgIpc) is 2.88. The molecule has 2 nitrogen and oxygen atoms in total. The highest BCUT2D eigenvalue weighted by atomic mass is 19.3. The van der Waals surface area contributed by atoms with E-state index in [1.165, 1.54) is 49.8 Å². The maximum Gasteiger partial charge on any atom is 0.426 e. The van der Waals surface area contributed by atoms with Crippen LogP contribution in [0.5, 0.6) is 5.75 Å². The largest absolute Gasteiger partial charge is 0.429 e. The lowest BCUT2D eigenvalue weighted by Gasteiger charge is -2.22. The van der Waals surface area contributed by atoms with Crippen LogP contribution in [0.4, 0.5) is 22.0 Å². The molecule has 4 rings (SSSR count). The third-order valence-corrected chi connectivity index (χ3v) is 6.59. The van der Waals surface area contributed by atoms with E-state index in [-0.39, 0.29) is 0 Å². The quantitative estimate of drug-likeness (QED) is 0.166. The third kappa shape index (κ3) is 6.12. The van der Waals surface area contributed by atoms with Crippen LogP contribution in [0.2, 0.25) is 0 Å². The summed E-state index contributed by atoms with van der Waals surface area (Å²) in [5.74, 6) is -5.03. The summed E-state index contributed by atoms with van der Waals surface area (Å²) in [4.78, 5) is 4.51. The Labute approximate surface area is 207 Å². The normalized spacial score (nSPS) is 16.1. The van der Waals surface area contributed by atoms with Gasteiger partial charge in [-0.15, -0.1) is 0 Å². The molecule has 1 aromatic heterocycles. The molecule has 1 aliphatic rings. The number of hydrogen-bond acceptors (Lipinski definition) is 2. The Morgan fingerprint density at radius 3 is 2.22 bits per heavy atom. The molecule has 1 unspecified atom stereocenters. The van der Waals surface area contributed by atoms with Gasteiger partial charge in [0, 0.05) is 23.9 Å². The number of ether oxygens (including phenoxy) is 1. The summed E-state index contributed by atoms with van der Waals surface area (Å²) in [5, 5.41) is 0. The summed E-state index contributed by atoms with van der Waals surface area (Å²) >= 11 is 0. The van der Waals surface area contributed by atoms with Crippen LogP contribution in [0.15, 0.2) is 60.8 Å². The maximum absolute atomic E-state index is 14.5. The monoisotopic (exact) mass is 501 g/mol. The number of benzene rings is 2. The van der Waals surface area contributed by atoms with Gasteiger partial charge in [-0.2, -0.15) is 8.78 Å². The average molecular weight is 502 g/mol. The van der Waals surface area contributed by atoms with E-state index in [1.807, 2.05) is 18.3 Å². The zero-order valence-electron chi connectivity index (χ0n) is 20.0. The molecule has 0 spiro atoms. The van der Waals surface area contributed by atoms with E-state index < -0.39 is 34.9 Å². The van der Waals surface area contributed by atoms with Gasteiger partial charge in [0.2, 0.25) is 0 Å². The van der Waals surface area contributed by atoms with Crippen molar-refractivity contribution in [2.24, 2.45) is 5.92 Å². The van der Waals surface area contributed by atoms with Crippen LogP contribution in [-0.2, 0) is 6.11 Å². The van der Waals surface area contributed by atoms with Gasteiger partial charge < -0.3 is 4.74 Å². The van der Waals surface area contributed by atoms with Gasteiger partial charge in [0.05, 0.1) is 11.3 Å². The van der Waals surface area contributed by atoms with Crippen LogP contribution in [0.25, 0.3) is 16.8 Å². The van der Waals surface area contributed by atoms with Gasteiger partial charge in [-0.05, 0) is 54.5 Å². The minimum Gasteiger partial charge on any atom is -0.429 e. The van der Waals surface area contributed by atoms with Gasteiger partial charge in [-0.25, -0.2) is 13.2 Å². The first-order valence-corrected chi connectivity index (χ1v) is 12.2. The zero-order chi connectivity index (χ0) is 25.7. The van der Waals surface area contributed by atoms with Crippen molar-refractivity contribution in [3.05, 3.63) is 89.4 Å². The fourth-order valence-electron chi connectivity index (χ4n) is 4.48. The van der Waals surface area contributed by atoms with Crippen molar-refractivity contribution in [2.75, 3.05) is 0 Å². The lowest BCUT2D eigenvalue weighted by Crippen LogP contribution is -2.22. The molecule has 36 heavy (non-hydrogen) atoms.